The van der Waals surface area contributed by atoms with Crippen LogP contribution in [-0.4, -0.2) is 41.7 Å². The summed E-state index contributed by atoms with van der Waals surface area (Å²) in [5, 5.41) is 9.93. The predicted molar refractivity (Wildman–Crippen MR) is 80.3 cm³/mol. The molecular weight excluding hydrogens is 266 g/mol. The Morgan fingerprint density at radius 3 is 2.76 bits per heavy atom. The van der Waals surface area contributed by atoms with Crippen LogP contribution >= 0.6 is 0 Å². The van der Waals surface area contributed by atoms with Gasteiger partial charge in [-0.15, -0.1) is 0 Å². The van der Waals surface area contributed by atoms with E-state index in [-0.39, 0.29) is 17.9 Å². The van der Waals surface area contributed by atoms with E-state index in [2.05, 4.69) is 6.58 Å². The summed E-state index contributed by atoms with van der Waals surface area (Å²) in [7, 11) is 0. The van der Waals surface area contributed by atoms with Gasteiger partial charge in [0.2, 0.25) is 0 Å². The van der Waals surface area contributed by atoms with Gasteiger partial charge in [0.15, 0.2) is 0 Å². The summed E-state index contributed by atoms with van der Waals surface area (Å²) in [6.07, 6.45) is 3.37. The summed E-state index contributed by atoms with van der Waals surface area (Å²) in [5.74, 6) is 1.52. The second-order valence-electron chi connectivity index (χ2n) is 5.90. The Morgan fingerprint density at radius 2 is 2.10 bits per heavy atom. The number of aliphatic hydroxyl groups is 1. The van der Waals surface area contributed by atoms with E-state index in [4.69, 9.17) is 4.74 Å². The third-order valence-electron chi connectivity index (χ3n) is 4.58. The monoisotopic (exact) mass is 287 g/mol. The van der Waals surface area contributed by atoms with Crippen molar-refractivity contribution in [1.82, 2.24) is 4.90 Å². The Bertz CT molecular complexity index is 525. The number of hydrogen-bond acceptors (Lipinski definition) is 3. The highest BCUT2D eigenvalue weighted by Gasteiger charge is 2.43. The van der Waals surface area contributed by atoms with Crippen molar-refractivity contribution in [2.45, 2.75) is 18.9 Å². The standard InChI is InChI=1S/C17H21NO3/c1-2-9-21-14-6-3-12(4-7-14)17(20)18-10-13-5-8-16(19)15(13)11-18/h2-4,6-7,13,15-16,19H,1,5,8-11H2. The van der Waals surface area contributed by atoms with Gasteiger partial charge in [-0.3, -0.25) is 4.79 Å². The number of carbonyl (C=O) groups is 1. The molecule has 1 N–H and O–H groups in total. The number of aliphatic hydroxyl groups excluding tert-OH is 1. The van der Waals surface area contributed by atoms with Crippen molar-refractivity contribution in [2.75, 3.05) is 19.7 Å². The molecule has 2 fully saturated rings. The Hall–Kier alpha value is -1.81. The van der Waals surface area contributed by atoms with Gasteiger partial charge < -0.3 is 14.7 Å². The van der Waals surface area contributed by atoms with Gasteiger partial charge in [-0.25, -0.2) is 0 Å². The molecule has 1 aliphatic carbocycles. The van der Waals surface area contributed by atoms with Crippen molar-refractivity contribution in [3.05, 3.63) is 42.5 Å². The molecule has 1 aromatic carbocycles. The maximum absolute atomic E-state index is 12.5. The average molecular weight is 287 g/mol. The van der Waals surface area contributed by atoms with Crippen molar-refractivity contribution >= 4 is 5.91 Å². The van der Waals surface area contributed by atoms with Crippen LogP contribution in [0.25, 0.3) is 0 Å². The van der Waals surface area contributed by atoms with Crippen molar-refractivity contribution in [1.29, 1.82) is 0 Å². The number of amides is 1. The lowest BCUT2D eigenvalue weighted by Crippen LogP contribution is -2.31. The van der Waals surface area contributed by atoms with E-state index in [0.29, 0.717) is 24.6 Å². The lowest BCUT2D eigenvalue weighted by atomic mass is 10.00. The molecule has 1 aromatic rings. The summed E-state index contributed by atoms with van der Waals surface area (Å²) in [4.78, 5) is 14.4. The number of likely N-dealkylation sites (tertiary alicyclic amines) is 1. The Balaban J connectivity index is 1.64. The first-order valence-corrected chi connectivity index (χ1v) is 7.50. The van der Waals surface area contributed by atoms with Crippen LogP contribution in [-0.2, 0) is 0 Å². The number of rotatable bonds is 4. The zero-order valence-corrected chi connectivity index (χ0v) is 12.1. The minimum absolute atomic E-state index is 0.0480. The van der Waals surface area contributed by atoms with Crippen LogP contribution in [0.3, 0.4) is 0 Å². The van der Waals surface area contributed by atoms with Crippen molar-refractivity contribution in [3.63, 3.8) is 0 Å². The van der Waals surface area contributed by atoms with Crippen LogP contribution in [0.15, 0.2) is 36.9 Å². The van der Waals surface area contributed by atoms with E-state index in [0.717, 1.165) is 25.1 Å². The van der Waals surface area contributed by atoms with Gasteiger partial charge in [-0.05, 0) is 43.0 Å². The molecule has 0 spiro atoms. The Morgan fingerprint density at radius 1 is 1.33 bits per heavy atom. The number of nitrogens with zero attached hydrogens (tertiary/aromatic N) is 1. The highest BCUT2D eigenvalue weighted by molar-refractivity contribution is 5.94. The van der Waals surface area contributed by atoms with Crippen LogP contribution in [0.2, 0.25) is 0 Å². The van der Waals surface area contributed by atoms with Gasteiger partial charge in [0.1, 0.15) is 12.4 Å². The second-order valence-corrected chi connectivity index (χ2v) is 5.90. The second kappa shape index (κ2) is 5.90. The summed E-state index contributed by atoms with van der Waals surface area (Å²) in [5.41, 5.74) is 0.676. The van der Waals surface area contributed by atoms with E-state index in [1.807, 2.05) is 17.0 Å². The molecule has 4 nitrogen and oxygen atoms in total. The molecule has 112 valence electrons. The maximum Gasteiger partial charge on any atom is 0.253 e. The Kier molecular flexibility index (Phi) is 3.97. The van der Waals surface area contributed by atoms with E-state index in [9.17, 15) is 9.90 Å². The summed E-state index contributed by atoms with van der Waals surface area (Å²) < 4.78 is 5.41. The van der Waals surface area contributed by atoms with Gasteiger partial charge in [0, 0.05) is 24.6 Å². The largest absolute Gasteiger partial charge is 0.490 e. The number of benzene rings is 1. The molecule has 0 bridgehead atoms. The van der Waals surface area contributed by atoms with Crippen molar-refractivity contribution in [3.8, 4) is 5.75 Å². The first-order chi connectivity index (χ1) is 10.2. The fourth-order valence-corrected chi connectivity index (χ4v) is 3.43. The fraction of sp³-hybridized carbons (Fsp3) is 0.471. The lowest BCUT2D eigenvalue weighted by Gasteiger charge is -2.18. The van der Waals surface area contributed by atoms with E-state index in [1.54, 1.807) is 18.2 Å². The molecular formula is C17H21NO3. The molecule has 2 aliphatic rings. The fourth-order valence-electron chi connectivity index (χ4n) is 3.43. The van der Waals surface area contributed by atoms with Crippen molar-refractivity contribution in [2.24, 2.45) is 11.8 Å². The molecule has 3 atom stereocenters. The number of ether oxygens (including phenoxy) is 1. The molecule has 1 amide bonds. The molecule has 4 heteroatoms. The van der Waals surface area contributed by atoms with Crippen LogP contribution < -0.4 is 4.74 Å². The maximum atomic E-state index is 12.5. The number of fused-ring (bicyclic) bond motifs is 1. The molecule has 0 radical (unpaired) electrons. The highest BCUT2D eigenvalue weighted by atomic mass is 16.5. The number of carbonyl (C=O) groups excluding carboxylic acids is 1. The third-order valence-corrected chi connectivity index (χ3v) is 4.58. The highest BCUT2D eigenvalue weighted by Crippen LogP contribution is 2.38. The summed E-state index contributed by atoms with van der Waals surface area (Å²) >= 11 is 0. The van der Waals surface area contributed by atoms with Crippen LogP contribution in [0, 0.1) is 11.8 Å². The predicted octanol–water partition coefficient (Wildman–Crippen LogP) is 2.09. The lowest BCUT2D eigenvalue weighted by molar-refractivity contribution is 0.0752. The molecule has 0 aromatic heterocycles. The normalized spacial score (nSPS) is 27.5. The van der Waals surface area contributed by atoms with E-state index < -0.39 is 0 Å². The zero-order chi connectivity index (χ0) is 14.8. The van der Waals surface area contributed by atoms with Crippen molar-refractivity contribution < 1.29 is 14.6 Å². The first-order valence-electron chi connectivity index (χ1n) is 7.50. The topological polar surface area (TPSA) is 49.8 Å². The van der Waals surface area contributed by atoms with Gasteiger partial charge in [-0.1, -0.05) is 12.7 Å². The van der Waals surface area contributed by atoms with Crippen LogP contribution in [0.5, 0.6) is 5.75 Å². The van der Waals surface area contributed by atoms with Gasteiger partial charge in [-0.2, -0.15) is 0 Å². The quantitative estimate of drug-likeness (QED) is 0.863. The molecule has 3 unspecified atom stereocenters. The van der Waals surface area contributed by atoms with Gasteiger partial charge in [0.05, 0.1) is 6.10 Å². The van der Waals surface area contributed by atoms with E-state index >= 15 is 0 Å². The average Bonchev–Trinajstić information content (AvgIpc) is 3.07. The molecule has 1 heterocycles. The molecule has 1 saturated heterocycles. The SMILES string of the molecule is C=CCOc1ccc(C(=O)N2CC3CCC(O)C3C2)cc1. The Labute approximate surface area is 125 Å². The molecule has 3 rings (SSSR count). The summed E-state index contributed by atoms with van der Waals surface area (Å²) in [6, 6.07) is 7.21. The molecule has 1 saturated carbocycles. The minimum atomic E-state index is -0.234. The van der Waals surface area contributed by atoms with Crippen LogP contribution in [0.1, 0.15) is 23.2 Å². The zero-order valence-electron chi connectivity index (χ0n) is 12.1. The number of hydrogen-bond donors (Lipinski definition) is 1. The summed E-state index contributed by atoms with van der Waals surface area (Å²) in [6.45, 7) is 5.51. The first kappa shape index (κ1) is 14.1. The van der Waals surface area contributed by atoms with Gasteiger partial charge >= 0.3 is 0 Å². The van der Waals surface area contributed by atoms with E-state index in [1.165, 1.54) is 0 Å². The smallest absolute Gasteiger partial charge is 0.253 e. The molecule has 21 heavy (non-hydrogen) atoms. The van der Waals surface area contributed by atoms with Gasteiger partial charge in [0.25, 0.3) is 5.91 Å². The van der Waals surface area contributed by atoms with Crippen LogP contribution in [0.4, 0.5) is 0 Å². The minimum Gasteiger partial charge on any atom is -0.490 e. The molecule has 1 aliphatic heterocycles. The third kappa shape index (κ3) is 2.81.